The molecule has 7 nitrogen and oxygen atoms in total. The summed E-state index contributed by atoms with van der Waals surface area (Å²) in [6, 6.07) is 0.622. The number of ether oxygens (including phenoxy) is 3. The molecule has 8 heteroatoms. The Morgan fingerprint density at radius 2 is 1.27 bits per heavy atom. The van der Waals surface area contributed by atoms with Crippen LogP contribution in [-0.2, 0) is 19.0 Å². The summed E-state index contributed by atoms with van der Waals surface area (Å²) in [4.78, 5) is 12.4. The predicted octanol–water partition coefficient (Wildman–Crippen LogP) is 6.19. The minimum absolute atomic E-state index is 0.0306. The molecular weight excluding hydrogens is 509 g/mol. The lowest BCUT2D eigenvalue weighted by Crippen LogP contribution is -2.45. The van der Waals surface area contributed by atoms with Crippen molar-refractivity contribution in [3.05, 3.63) is 0 Å². The average molecular weight is 576 g/mol. The second-order valence-corrected chi connectivity index (χ2v) is 11.6. The molecule has 0 spiro atoms. The van der Waals surface area contributed by atoms with Crippen molar-refractivity contribution in [3.8, 4) is 0 Å². The van der Waals surface area contributed by atoms with Crippen LogP contribution in [-0.4, -0.2) is 82.9 Å². The van der Waals surface area contributed by atoms with E-state index in [1.54, 1.807) is 13.8 Å². The van der Waals surface area contributed by atoms with Crippen molar-refractivity contribution >= 4 is 5.91 Å². The molecule has 0 saturated heterocycles. The zero-order chi connectivity index (χ0) is 29.9. The minimum Gasteiger partial charge on any atom is -0.379 e. The lowest BCUT2D eigenvalue weighted by molar-refractivity contribution is -0.127. The van der Waals surface area contributed by atoms with E-state index < -0.39 is 11.8 Å². The molecule has 0 aromatic rings. The van der Waals surface area contributed by atoms with E-state index >= 15 is 0 Å². The fraction of sp³-hybridized carbons (Fsp3) is 0.969. The van der Waals surface area contributed by atoms with E-state index in [0.717, 1.165) is 51.9 Å². The second kappa shape index (κ2) is 27.1. The molecule has 0 fully saturated rings. The summed E-state index contributed by atoms with van der Waals surface area (Å²) in [5.41, 5.74) is -0.989. The third-order valence-electron chi connectivity index (χ3n) is 7.39. The van der Waals surface area contributed by atoms with Crippen LogP contribution >= 0.6 is 0 Å². The Morgan fingerprint density at radius 1 is 0.725 bits per heavy atom. The molecule has 0 radical (unpaired) electrons. The van der Waals surface area contributed by atoms with Crippen LogP contribution in [0, 0.1) is 5.92 Å². The zero-order valence-electron chi connectivity index (χ0n) is 27.1. The summed E-state index contributed by atoms with van der Waals surface area (Å²) in [5.74, 6) is -0.0842. The number of hydrogen-bond donors (Lipinski definition) is 3. The summed E-state index contributed by atoms with van der Waals surface area (Å²) >= 11 is 0. The van der Waals surface area contributed by atoms with Crippen molar-refractivity contribution in [2.75, 3.05) is 59.2 Å². The number of rotatable bonds is 30. The maximum atomic E-state index is 14.8. The van der Waals surface area contributed by atoms with Gasteiger partial charge in [-0.15, -0.1) is 0 Å². The molecule has 40 heavy (non-hydrogen) atoms. The summed E-state index contributed by atoms with van der Waals surface area (Å²) in [6.45, 7) is 17.2. The van der Waals surface area contributed by atoms with Gasteiger partial charge in [-0.2, -0.15) is 0 Å². The van der Waals surface area contributed by atoms with E-state index in [9.17, 15) is 9.18 Å². The quantitative estimate of drug-likeness (QED) is 0.0886. The fourth-order valence-corrected chi connectivity index (χ4v) is 4.72. The number of carbonyl (C=O) groups is 1. The largest absolute Gasteiger partial charge is 0.379 e. The zero-order valence-corrected chi connectivity index (χ0v) is 27.1. The van der Waals surface area contributed by atoms with Gasteiger partial charge in [0.2, 0.25) is 5.91 Å². The normalized spacial score (nSPS) is 12.9. The maximum absolute atomic E-state index is 14.8. The number of nitrogens with one attached hydrogen (secondary N) is 3. The molecule has 0 aromatic carbocycles. The Morgan fingerprint density at radius 3 is 1.82 bits per heavy atom. The molecule has 0 heterocycles. The number of alkyl halides is 1. The minimum atomic E-state index is -1.29. The smallest absolute Gasteiger partial charge is 0.223 e. The summed E-state index contributed by atoms with van der Waals surface area (Å²) < 4.78 is 31.9. The number of unbranched alkanes of at least 4 members (excludes halogenated alkanes) is 4. The molecule has 3 N–H and O–H groups in total. The van der Waals surface area contributed by atoms with E-state index in [0.29, 0.717) is 32.5 Å². The molecule has 0 saturated carbocycles. The van der Waals surface area contributed by atoms with Crippen molar-refractivity contribution in [1.29, 1.82) is 0 Å². The van der Waals surface area contributed by atoms with Crippen molar-refractivity contribution in [2.45, 2.75) is 136 Å². The molecule has 1 atom stereocenters. The van der Waals surface area contributed by atoms with Gasteiger partial charge in [-0.05, 0) is 39.5 Å². The highest BCUT2D eigenvalue weighted by molar-refractivity contribution is 5.78. The first kappa shape index (κ1) is 39.2. The summed E-state index contributed by atoms with van der Waals surface area (Å²) in [5, 5.41) is 9.79. The van der Waals surface area contributed by atoms with Gasteiger partial charge in [0.15, 0.2) is 0 Å². The van der Waals surface area contributed by atoms with Gasteiger partial charge in [-0.25, -0.2) is 4.39 Å². The van der Waals surface area contributed by atoms with Gasteiger partial charge >= 0.3 is 0 Å². The van der Waals surface area contributed by atoms with Gasteiger partial charge in [-0.1, -0.05) is 79.1 Å². The predicted molar refractivity (Wildman–Crippen MR) is 166 cm³/mol. The highest BCUT2D eigenvalue weighted by Gasteiger charge is 2.31. The molecule has 0 bridgehead atoms. The van der Waals surface area contributed by atoms with Gasteiger partial charge < -0.3 is 30.2 Å². The van der Waals surface area contributed by atoms with Crippen molar-refractivity contribution < 1.29 is 23.4 Å². The van der Waals surface area contributed by atoms with Crippen LogP contribution in [0.2, 0.25) is 0 Å². The molecule has 0 aliphatic carbocycles. The van der Waals surface area contributed by atoms with Crippen LogP contribution in [0.15, 0.2) is 0 Å². The second-order valence-electron chi connectivity index (χ2n) is 11.6. The van der Waals surface area contributed by atoms with Gasteiger partial charge in [0, 0.05) is 31.6 Å². The Hall–Kier alpha value is -0.800. The van der Waals surface area contributed by atoms with E-state index in [1.807, 2.05) is 0 Å². The van der Waals surface area contributed by atoms with E-state index in [1.165, 1.54) is 51.4 Å². The Labute approximate surface area is 246 Å². The third-order valence-corrected chi connectivity index (χ3v) is 7.39. The Kier molecular flexibility index (Phi) is 26.5. The first-order valence-corrected chi connectivity index (χ1v) is 16.5. The van der Waals surface area contributed by atoms with Crippen molar-refractivity contribution in [2.24, 2.45) is 5.92 Å². The number of carbonyl (C=O) groups excluding carboxylic acids is 1. The number of amides is 1. The van der Waals surface area contributed by atoms with Crippen LogP contribution in [0.1, 0.15) is 119 Å². The monoisotopic (exact) mass is 576 g/mol. The Bertz CT molecular complexity index is 552. The first-order chi connectivity index (χ1) is 19.3. The van der Waals surface area contributed by atoms with Gasteiger partial charge in [0.05, 0.1) is 45.2 Å². The van der Waals surface area contributed by atoms with Gasteiger partial charge in [0.1, 0.15) is 6.17 Å². The maximum Gasteiger partial charge on any atom is 0.223 e. The molecular formula is C32H66FN3O4. The molecule has 1 amide bonds. The van der Waals surface area contributed by atoms with E-state index in [4.69, 9.17) is 14.2 Å². The van der Waals surface area contributed by atoms with Crippen molar-refractivity contribution in [3.63, 3.8) is 0 Å². The first-order valence-electron chi connectivity index (χ1n) is 16.5. The standard InChI is InChI=1S/C32H66FN3O4/c1-7-11-13-17-29(18-14-12-8-2)35-21-24-38-22-19-34-20-23-39-25-26-40-32(5,6)30(33)27-36-31(37)28(15-9-3)16-10-4/h28-30,34-35H,7-27H2,1-6H3,(H,36,37). The fourth-order valence-electron chi connectivity index (χ4n) is 4.72. The van der Waals surface area contributed by atoms with E-state index in [2.05, 4.69) is 43.6 Å². The summed E-state index contributed by atoms with van der Waals surface area (Å²) in [6.07, 6.45) is 12.6. The van der Waals surface area contributed by atoms with Crippen LogP contribution in [0.5, 0.6) is 0 Å². The Balaban J connectivity index is 3.80. The molecule has 0 aromatic heterocycles. The SMILES string of the molecule is CCCCCC(CCCCC)NCCOCCNCCOCCOC(C)(C)C(F)CNC(=O)C(CCC)CCC. The topological polar surface area (TPSA) is 80.8 Å². The molecule has 0 aliphatic heterocycles. The lowest BCUT2D eigenvalue weighted by Gasteiger charge is -2.29. The van der Waals surface area contributed by atoms with E-state index in [-0.39, 0.29) is 18.4 Å². The highest BCUT2D eigenvalue weighted by Crippen LogP contribution is 2.19. The lowest BCUT2D eigenvalue weighted by atomic mass is 9.97. The average Bonchev–Trinajstić information content (AvgIpc) is 2.93. The molecule has 0 rings (SSSR count). The third kappa shape index (κ3) is 21.9. The van der Waals surface area contributed by atoms with Crippen LogP contribution < -0.4 is 16.0 Å². The highest BCUT2D eigenvalue weighted by atomic mass is 19.1. The molecule has 1 unspecified atom stereocenters. The summed E-state index contributed by atoms with van der Waals surface area (Å²) in [7, 11) is 0. The molecule has 0 aliphatic rings. The number of hydrogen-bond acceptors (Lipinski definition) is 6. The van der Waals surface area contributed by atoms with Gasteiger partial charge in [0.25, 0.3) is 0 Å². The van der Waals surface area contributed by atoms with Crippen LogP contribution in [0.4, 0.5) is 4.39 Å². The molecule has 240 valence electrons. The van der Waals surface area contributed by atoms with Crippen molar-refractivity contribution in [1.82, 2.24) is 16.0 Å². The van der Waals surface area contributed by atoms with Crippen LogP contribution in [0.3, 0.4) is 0 Å². The van der Waals surface area contributed by atoms with Gasteiger partial charge in [-0.3, -0.25) is 4.79 Å². The number of halogens is 1. The van der Waals surface area contributed by atoms with Crippen LogP contribution in [0.25, 0.3) is 0 Å².